The van der Waals surface area contributed by atoms with Crippen molar-refractivity contribution in [2.24, 2.45) is 14.1 Å². The Balaban J connectivity index is 1.17. The van der Waals surface area contributed by atoms with Gasteiger partial charge < -0.3 is 19.7 Å². The second-order valence-corrected chi connectivity index (χ2v) is 11.1. The van der Waals surface area contributed by atoms with Crippen molar-refractivity contribution in [3.05, 3.63) is 66.5 Å². The Morgan fingerprint density at radius 2 is 1.51 bits per heavy atom. The van der Waals surface area contributed by atoms with Crippen LogP contribution < -0.4 is 10.2 Å². The van der Waals surface area contributed by atoms with E-state index in [-0.39, 0.29) is 0 Å². The molecule has 0 spiro atoms. The molecule has 0 radical (unpaired) electrons. The Morgan fingerprint density at radius 3 is 2.26 bits per heavy atom. The van der Waals surface area contributed by atoms with E-state index >= 15 is 0 Å². The summed E-state index contributed by atoms with van der Waals surface area (Å²) < 4.78 is 14.9. The Bertz CT molecular complexity index is 1700. The average molecular weight is 580 g/mol. The van der Waals surface area contributed by atoms with Gasteiger partial charge in [0.1, 0.15) is 5.82 Å². The predicted octanol–water partition coefficient (Wildman–Crippen LogP) is 3.89. The Hall–Kier alpha value is -4.32. The lowest BCUT2D eigenvalue weighted by Crippen LogP contribution is -2.37. The molecule has 0 amide bonds. The van der Waals surface area contributed by atoms with Gasteiger partial charge in [0.15, 0.2) is 0 Å². The summed E-state index contributed by atoms with van der Waals surface area (Å²) in [5.74, 6) is 1.44. The third-order valence-corrected chi connectivity index (χ3v) is 8.17. The molecule has 11 heteroatoms. The molecule has 5 heterocycles. The van der Waals surface area contributed by atoms with Crippen LogP contribution in [0.25, 0.3) is 33.4 Å². The highest BCUT2D eigenvalue weighted by atomic mass is 16.5. The molecule has 0 aliphatic carbocycles. The molecule has 0 bridgehead atoms. The van der Waals surface area contributed by atoms with E-state index in [0.29, 0.717) is 19.2 Å². The van der Waals surface area contributed by atoms with Gasteiger partial charge in [0, 0.05) is 87.7 Å². The first-order chi connectivity index (χ1) is 21.1. The van der Waals surface area contributed by atoms with Crippen LogP contribution in [-0.2, 0) is 30.0 Å². The minimum absolute atomic E-state index is 0.666. The fraction of sp³-hybridized carbons (Fsp3) is 0.375. The molecular weight excluding hydrogens is 542 g/mol. The van der Waals surface area contributed by atoms with Crippen molar-refractivity contribution < 1.29 is 9.47 Å². The zero-order valence-electron chi connectivity index (χ0n) is 24.7. The van der Waals surface area contributed by atoms with Crippen molar-refractivity contribution in [1.82, 2.24) is 34.4 Å². The van der Waals surface area contributed by atoms with Crippen LogP contribution in [0.3, 0.4) is 0 Å². The summed E-state index contributed by atoms with van der Waals surface area (Å²) in [6.07, 6.45) is 2.87. The van der Waals surface area contributed by atoms with Gasteiger partial charge in [-0.15, -0.1) is 0 Å². The number of nitrogens with zero attached hydrogens (tertiary/aromatic N) is 8. The molecular formula is C32H37N9O2. The first kappa shape index (κ1) is 27.5. The summed E-state index contributed by atoms with van der Waals surface area (Å²) in [6.45, 7) is 7.43. The lowest BCUT2D eigenvalue weighted by molar-refractivity contribution is 0.0383. The van der Waals surface area contributed by atoms with E-state index in [0.717, 1.165) is 97.6 Å². The zero-order chi connectivity index (χ0) is 29.2. The summed E-state index contributed by atoms with van der Waals surface area (Å²) in [6, 6.07) is 18.8. The molecule has 2 aliphatic rings. The van der Waals surface area contributed by atoms with Crippen molar-refractivity contribution in [3.8, 4) is 22.5 Å². The molecule has 2 fully saturated rings. The summed E-state index contributed by atoms with van der Waals surface area (Å²) >= 11 is 0. The Kier molecular flexibility index (Phi) is 7.75. The Labute approximate surface area is 251 Å². The molecule has 3 aromatic heterocycles. The van der Waals surface area contributed by atoms with Gasteiger partial charge in [-0.3, -0.25) is 14.3 Å². The average Bonchev–Trinajstić information content (AvgIpc) is 3.63. The maximum Gasteiger partial charge on any atom is 0.228 e. The zero-order valence-corrected chi connectivity index (χ0v) is 24.7. The van der Waals surface area contributed by atoms with Crippen LogP contribution in [0.2, 0.25) is 0 Å². The molecule has 0 atom stereocenters. The van der Waals surface area contributed by atoms with E-state index in [1.54, 1.807) is 0 Å². The number of nitrogens with one attached hydrogen (secondary N) is 1. The largest absolute Gasteiger partial charge is 0.379 e. The number of hydrogen-bond donors (Lipinski definition) is 1. The fourth-order valence-corrected chi connectivity index (χ4v) is 5.76. The van der Waals surface area contributed by atoms with Gasteiger partial charge in [0.25, 0.3) is 0 Å². The molecule has 2 aliphatic heterocycles. The minimum Gasteiger partial charge on any atom is -0.379 e. The van der Waals surface area contributed by atoms with E-state index in [2.05, 4.69) is 62.7 Å². The Morgan fingerprint density at radius 1 is 0.767 bits per heavy atom. The molecule has 5 aromatic rings. The third-order valence-electron chi connectivity index (χ3n) is 8.17. The second-order valence-electron chi connectivity index (χ2n) is 11.1. The van der Waals surface area contributed by atoms with Gasteiger partial charge in [0.2, 0.25) is 5.95 Å². The first-order valence-electron chi connectivity index (χ1n) is 14.9. The van der Waals surface area contributed by atoms with E-state index in [1.807, 2.05) is 41.8 Å². The van der Waals surface area contributed by atoms with Crippen molar-refractivity contribution in [1.29, 1.82) is 0 Å². The standard InChI is InChI=1S/C32H37N9O2/c1-38-11-9-27(36-38)23-3-6-25(7-4-23)33-31-22-29(34-32(35-31)41-15-19-43-20-16-41)24-5-8-26-28(37-39(2)30(26)21-24)10-12-40-13-17-42-18-14-40/h3-9,11,21-22H,10,12-20H2,1-2H3,(H,33,34,35). The molecule has 11 nitrogen and oxygen atoms in total. The number of benzene rings is 2. The normalized spacial score (nSPS) is 16.2. The summed E-state index contributed by atoms with van der Waals surface area (Å²) in [5, 5.41) is 14.1. The highest BCUT2D eigenvalue weighted by Gasteiger charge is 2.18. The predicted molar refractivity (Wildman–Crippen MR) is 168 cm³/mol. The molecule has 0 saturated carbocycles. The maximum atomic E-state index is 5.59. The molecule has 7 rings (SSSR count). The molecule has 2 saturated heterocycles. The van der Waals surface area contributed by atoms with Crippen LogP contribution in [0.4, 0.5) is 17.5 Å². The van der Waals surface area contributed by atoms with Crippen LogP contribution in [-0.4, -0.2) is 93.6 Å². The van der Waals surface area contributed by atoms with Crippen LogP contribution in [0.15, 0.2) is 60.8 Å². The maximum absolute atomic E-state index is 5.59. The highest BCUT2D eigenvalue weighted by molar-refractivity contribution is 5.87. The minimum atomic E-state index is 0.666. The van der Waals surface area contributed by atoms with Gasteiger partial charge >= 0.3 is 0 Å². The van der Waals surface area contributed by atoms with Crippen molar-refractivity contribution in [3.63, 3.8) is 0 Å². The monoisotopic (exact) mass is 579 g/mol. The quantitative estimate of drug-likeness (QED) is 0.294. The van der Waals surface area contributed by atoms with Crippen LogP contribution >= 0.6 is 0 Å². The van der Waals surface area contributed by atoms with Crippen molar-refractivity contribution in [2.45, 2.75) is 6.42 Å². The second kappa shape index (κ2) is 12.1. The number of aryl methyl sites for hydroxylation is 2. The topological polar surface area (TPSA) is 98.4 Å². The fourth-order valence-electron chi connectivity index (χ4n) is 5.76. The van der Waals surface area contributed by atoms with Gasteiger partial charge in [-0.2, -0.15) is 15.2 Å². The molecule has 222 valence electrons. The number of rotatable bonds is 8. The van der Waals surface area contributed by atoms with E-state index in [1.165, 1.54) is 5.39 Å². The van der Waals surface area contributed by atoms with Gasteiger partial charge in [-0.1, -0.05) is 24.3 Å². The van der Waals surface area contributed by atoms with Crippen LogP contribution in [0, 0.1) is 0 Å². The highest BCUT2D eigenvalue weighted by Crippen LogP contribution is 2.30. The number of hydrogen-bond acceptors (Lipinski definition) is 9. The molecule has 1 N–H and O–H groups in total. The summed E-state index contributed by atoms with van der Waals surface area (Å²) in [4.78, 5) is 14.6. The van der Waals surface area contributed by atoms with E-state index < -0.39 is 0 Å². The van der Waals surface area contributed by atoms with Crippen molar-refractivity contribution in [2.75, 3.05) is 69.4 Å². The van der Waals surface area contributed by atoms with Gasteiger partial charge in [-0.25, -0.2) is 4.98 Å². The third kappa shape index (κ3) is 6.10. The van der Waals surface area contributed by atoms with Gasteiger partial charge in [-0.05, 0) is 24.3 Å². The number of aromatic nitrogens is 6. The van der Waals surface area contributed by atoms with Crippen molar-refractivity contribution >= 4 is 28.4 Å². The summed E-state index contributed by atoms with van der Waals surface area (Å²) in [7, 11) is 3.95. The lowest BCUT2D eigenvalue weighted by atomic mass is 10.1. The smallest absolute Gasteiger partial charge is 0.228 e. The molecule has 2 aromatic carbocycles. The first-order valence-corrected chi connectivity index (χ1v) is 14.9. The van der Waals surface area contributed by atoms with E-state index in [4.69, 9.17) is 24.5 Å². The summed E-state index contributed by atoms with van der Waals surface area (Å²) in [5.41, 5.74) is 7.08. The SMILES string of the molecule is Cn1ccc(-c2ccc(Nc3cc(-c4ccc5c(CCN6CCOCC6)nn(C)c5c4)nc(N4CCOCC4)n3)cc2)n1. The lowest BCUT2D eigenvalue weighted by Gasteiger charge is -2.27. The molecule has 0 unspecified atom stereocenters. The van der Waals surface area contributed by atoms with Crippen LogP contribution in [0.1, 0.15) is 5.69 Å². The number of anilines is 3. The van der Waals surface area contributed by atoms with Crippen LogP contribution in [0.5, 0.6) is 0 Å². The number of fused-ring (bicyclic) bond motifs is 1. The van der Waals surface area contributed by atoms with Gasteiger partial charge in [0.05, 0.1) is 49.0 Å². The van der Waals surface area contributed by atoms with E-state index in [9.17, 15) is 0 Å². The number of ether oxygens (including phenoxy) is 2. The molecule has 43 heavy (non-hydrogen) atoms. The number of morpholine rings is 2.